The predicted molar refractivity (Wildman–Crippen MR) is 64.4 cm³/mol. The van der Waals surface area contributed by atoms with Crippen molar-refractivity contribution in [2.24, 2.45) is 0 Å². The summed E-state index contributed by atoms with van der Waals surface area (Å²) < 4.78 is 0. The minimum atomic E-state index is -0.448. The highest BCUT2D eigenvalue weighted by Crippen LogP contribution is 2.16. The third kappa shape index (κ3) is 2.08. The Morgan fingerprint density at radius 3 is 2.88 bits per heavy atom. The first kappa shape index (κ1) is 11.4. The van der Waals surface area contributed by atoms with E-state index in [0.29, 0.717) is 24.3 Å². The van der Waals surface area contributed by atoms with Gasteiger partial charge in [0, 0.05) is 18.8 Å². The number of piperazine rings is 1. The fourth-order valence-corrected chi connectivity index (χ4v) is 1.91. The standard InChI is InChI=1S/C12H15N3O2/c1-8-11(16)14-6-7-15(8)12(17)9-4-2-3-5-10(9)13/h2-5,8H,6-7,13H2,1H3,(H,14,16). The van der Waals surface area contributed by atoms with Crippen molar-refractivity contribution in [1.29, 1.82) is 0 Å². The van der Waals surface area contributed by atoms with E-state index < -0.39 is 6.04 Å². The monoisotopic (exact) mass is 233 g/mol. The second-order valence-electron chi connectivity index (χ2n) is 4.05. The van der Waals surface area contributed by atoms with Crippen LogP contribution < -0.4 is 11.1 Å². The summed E-state index contributed by atoms with van der Waals surface area (Å²) in [7, 11) is 0. The highest BCUT2D eigenvalue weighted by atomic mass is 16.2. The molecule has 0 spiro atoms. The molecule has 1 aliphatic heterocycles. The quantitative estimate of drug-likeness (QED) is 0.682. The average molecular weight is 233 g/mol. The molecule has 0 bridgehead atoms. The maximum absolute atomic E-state index is 12.2. The number of hydrogen-bond donors (Lipinski definition) is 2. The molecule has 0 radical (unpaired) electrons. The van der Waals surface area contributed by atoms with E-state index in [9.17, 15) is 9.59 Å². The lowest BCUT2D eigenvalue weighted by atomic mass is 10.1. The zero-order valence-electron chi connectivity index (χ0n) is 9.64. The Bertz CT molecular complexity index is 459. The van der Waals surface area contributed by atoms with Crippen LogP contribution in [0.5, 0.6) is 0 Å². The molecule has 1 atom stereocenters. The number of amides is 2. The van der Waals surface area contributed by atoms with Crippen molar-refractivity contribution in [2.45, 2.75) is 13.0 Å². The van der Waals surface area contributed by atoms with Crippen molar-refractivity contribution in [3.8, 4) is 0 Å². The van der Waals surface area contributed by atoms with Crippen molar-refractivity contribution in [3.63, 3.8) is 0 Å². The van der Waals surface area contributed by atoms with Gasteiger partial charge in [0.2, 0.25) is 5.91 Å². The van der Waals surface area contributed by atoms with Crippen molar-refractivity contribution in [1.82, 2.24) is 10.2 Å². The number of nitrogens with one attached hydrogen (secondary N) is 1. The van der Waals surface area contributed by atoms with E-state index in [-0.39, 0.29) is 11.8 Å². The van der Waals surface area contributed by atoms with Gasteiger partial charge in [0.25, 0.3) is 5.91 Å². The Kier molecular flexibility index (Phi) is 2.99. The molecule has 5 nitrogen and oxygen atoms in total. The SMILES string of the molecule is CC1C(=O)NCCN1C(=O)c1ccccc1N. The van der Waals surface area contributed by atoms with Crippen LogP contribution in [0.25, 0.3) is 0 Å². The first-order valence-corrected chi connectivity index (χ1v) is 5.54. The van der Waals surface area contributed by atoms with E-state index in [0.717, 1.165) is 0 Å². The van der Waals surface area contributed by atoms with Gasteiger partial charge in [-0.05, 0) is 19.1 Å². The summed E-state index contributed by atoms with van der Waals surface area (Å²) in [4.78, 5) is 25.3. The summed E-state index contributed by atoms with van der Waals surface area (Å²) in [5, 5.41) is 2.72. The van der Waals surface area contributed by atoms with Crippen molar-refractivity contribution >= 4 is 17.5 Å². The smallest absolute Gasteiger partial charge is 0.256 e. The third-order valence-electron chi connectivity index (χ3n) is 2.95. The van der Waals surface area contributed by atoms with Crippen LogP contribution in [0.15, 0.2) is 24.3 Å². The van der Waals surface area contributed by atoms with Crippen LogP contribution in [0.1, 0.15) is 17.3 Å². The summed E-state index contributed by atoms with van der Waals surface area (Å²) in [6, 6.07) is 6.45. The lowest BCUT2D eigenvalue weighted by molar-refractivity contribution is -0.127. The molecule has 90 valence electrons. The minimum Gasteiger partial charge on any atom is -0.398 e. The van der Waals surface area contributed by atoms with E-state index in [1.165, 1.54) is 0 Å². The summed E-state index contributed by atoms with van der Waals surface area (Å²) >= 11 is 0. The topological polar surface area (TPSA) is 75.4 Å². The van der Waals surface area contributed by atoms with Crippen molar-refractivity contribution in [3.05, 3.63) is 29.8 Å². The Hall–Kier alpha value is -2.04. The molecule has 1 aliphatic rings. The van der Waals surface area contributed by atoms with Crippen molar-refractivity contribution < 1.29 is 9.59 Å². The lowest BCUT2D eigenvalue weighted by Crippen LogP contribution is -2.55. The number of rotatable bonds is 1. The number of hydrogen-bond acceptors (Lipinski definition) is 3. The summed E-state index contributed by atoms with van der Waals surface area (Å²) in [6.07, 6.45) is 0. The second kappa shape index (κ2) is 4.45. The molecule has 0 saturated carbocycles. The van der Waals surface area contributed by atoms with Crippen LogP contribution in [-0.4, -0.2) is 35.8 Å². The van der Waals surface area contributed by atoms with Gasteiger partial charge in [0.1, 0.15) is 6.04 Å². The third-order valence-corrected chi connectivity index (χ3v) is 2.95. The number of para-hydroxylation sites is 1. The van der Waals surface area contributed by atoms with Gasteiger partial charge in [-0.1, -0.05) is 12.1 Å². The van der Waals surface area contributed by atoms with Gasteiger partial charge in [-0.2, -0.15) is 0 Å². The molecule has 0 aliphatic carbocycles. The van der Waals surface area contributed by atoms with Gasteiger partial charge in [-0.3, -0.25) is 9.59 Å². The van der Waals surface area contributed by atoms with Gasteiger partial charge in [-0.25, -0.2) is 0 Å². The van der Waals surface area contributed by atoms with E-state index in [4.69, 9.17) is 5.73 Å². The molecule has 2 rings (SSSR count). The Labute approximate surface area is 99.6 Å². The second-order valence-corrected chi connectivity index (χ2v) is 4.05. The molecule has 17 heavy (non-hydrogen) atoms. The molecule has 3 N–H and O–H groups in total. The minimum absolute atomic E-state index is 0.126. The lowest BCUT2D eigenvalue weighted by Gasteiger charge is -2.33. The predicted octanol–water partition coefficient (Wildman–Crippen LogP) is 0.229. The fourth-order valence-electron chi connectivity index (χ4n) is 1.91. The zero-order chi connectivity index (χ0) is 12.4. The summed E-state index contributed by atoms with van der Waals surface area (Å²) in [6.45, 7) is 2.72. The van der Waals surface area contributed by atoms with Crippen LogP contribution in [0.3, 0.4) is 0 Å². The van der Waals surface area contributed by atoms with Crippen LogP contribution in [0.4, 0.5) is 5.69 Å². The molecule has 1 unspecified atom stereocenters. The fraction of sp³-hybridized carbons (Fsp3) is 0.333. The van der Waals surface area contributed by atoms with Gasteiger partial charge in [0.05, 0.1) is 5.56 Å². The number of benzene rings is 1. The number of anilines is 1. The Balaban J connectivity index is 2.26. The van der Waals surface area contributed by atoms with Crippen molar-refractivity contribution in [2.75, 3.05) is 18.8 Å². The highest BCUT2D eigenvalue weighted by molar-refractivity contribution is 6.01. The van der Waals surface area contributed by atoms with E-state index in [2.05, 4.69) is 5.32 Å². The van der Waals surface area contributed by atoms with E-state index in [1.807, 2.05) is 0 Å². The van der Waals surface area contributed by atoms with Gasteiger partial charge in [-0.15, -0.1) is 0 Å². The molecule has 2 amide bonds. The average Bonchev–Trinajstić information content (AvgIpc) is 2.32. The largest absolute Gasteiger partial charge is 0.398 e. The maximum atomic E-state index is 12.2. The van der Waals surface area contributed by atoms with Gasteiger partial charge >= 0.3 is 0 Å². The van der Waals surface area contributed by atoms with Crippen LogP contribution in [0.2, 0.25) is 0 Å². The van der Waals surface area contributed by atoms with Crippen LogP contribution >= 0.6 is 0 Å². The zero-order valence-corrected chi connectivity index (χ0v) is 9.64. The number of carbonyl (C=O) groups is 2. The number of nitrogen functional groups attached to an aromatic ring is 1. The normalized spacial score (nSPS) is 19.9. The molecule has 1 aromatic carbocycles. The van der Waals surface area contributed by atoms with Gasteiger partial charge in [0.15, 0.2) is 0 Å². The van der Waals surface area contributed by atoms with E-state index >= 15 is 0 Å². The molecule has 1 heterocycles. The van der Waals surface area contributed by atoms with Crippen LogP contribution in [-0.2, 0) is 4.79 Å². The summed E-state index contributed by atoms with van der Waals surface area (Å²) in [5.74, 6) is -0.315. The maximum Gasteiger partial charge on any atom is 0.256 e. The highest BCUT2D eigenvalue weighted by Gasteiger charge is 2.30. The van der Waals surface area contributed by atoms with Crippen LogP contribution in [0, 0.1) is 0 Å². The Morgan fingerprint density at radius 2 is 2.18 bits per heavy atom. The number of carbonyl (C=O) groups excluding carboxylic acids is 2. The first-order valence-electron chi connectivity index (χ1n) is 5.54. The molecular formula is C12H15N3O2. The molecule has 0 aromatic heterocycles. The molecule has 1 saturated heterocycles. The Morgan fingerprint density at radius 1 is 1.47 bits per heavy atom. The molecule has 1 aromatic rings. The molecule has 5 heteroatoms. The number of nitrogens with two attached hydrogens (primary N) is 1. The summed E-state index contributed by atoms with van der Waals surface area (Å²) in [5.41, 5.74) is 6.65. The van der Waals surface area contributed by atoms with E-state index in [1.54, 1.807) is 36.1 Å². The number of nitrogens with zero attached hydrogens (tertiary/aromatic N) is 1. The van der Waals surface area contributed by atoms with Gasteiger partial charge < -0.3 is 16.0 Å². The molecule has 1 fully saturated rings. The first-order chi connectivity index (χ1) is 8.11. The molecular weight excluding hydrogens is 218 g/mol.